The molecule has 510 valence electrons. The summed E-state index contributed by atoms with van der Waals surface area (Å²) in [6.45, 7) is 4.56. The molecule has 0 fully saturated rings. The Kier molecular flexibility index (Phi) is 65.5. The quantitative estimate of drug-likeness (QED) is 0.0211. The van der Waals surface area contributed by atoms with Crippen LogP contribution in [0.2, 0.25) is 0 Å². The molecular formula is C82H130NO8+. The summed E-state index contributed by atoms with van der Waals surface area (Å²) in [5, 5.41) is 9.75. The third kappa shape index (κ3) is 71.4. The van der Waals surface area contributed by atoms with E-state index in [0.717, 1.165) is 122 Å². The van der Waals surface area contributed by atoms with E-state index in [2.05, 4.69) is 208 Å². The number of rotatable bonds is 63. The number of hydrogen-bond donors (Lipinski definition) is 1. The van der Waals surface area contributed by atoms with Gasteiger partial charge in [0.25, 0.3) is 6.29 Å². The van der Waals surface area contributed by atoms with Gasteiger partial charge in [0, 0.05) is 12.8 Å². The number of carboxylic acids is 1. The molecule has 0 spiro atoms. The summed E-state index contributed by atoms with van der Waals surface area (Å²) in [5.74, 6) is -2.10. The minimum atomic E-state index is -1.54. The maximum absolute atomic E-state index is 12.9. The van der Waals surface area contributed by atoms with Gasteiger partial charge in [-0.1, -0.05) is 292 Å². The van der Waals surface area contributed by atoms with E-state index in [9.17, 15) is 19.5 Å². The van der Waals surface area contributed by atoms with Crippen molar-refractivity contribution < 1.29 is 42.9 Å². The number of carboxylic acid groups (broad SMARTS) is 1. The van der Waals surface area contributed by atoms with Gasteiger partial charge in [-0.15, -0.1) is 0 Å². The zero-order valence-corrected chi connectivity index (χ0v) is 58.2. The molecule has 0 aromatic rings. The number of nitrogens with zero attached hydrogens (tertiary/aromatic N) is 1. The lowest BCUT2D eigenvalue weighted by molar-refractivity contribution is -0.870. The summed E-state index contributed by atoms with van der Waals surface area (Å²) < 4.78 is 22.9. The van der Waals surface area contributed by atoms with Crippen molar-refractivity contribution in [3.05, 3.63) is 194 Å². The van der Waals surface area contributed by atoms with E-state index >= 15 is 0 Å². The van der Waals surface area contributed by atoms with Gasteiger partial charge < -0.3 is 28.5 Å². The standard InChI is InChI=1S/C82H129NO8/c1-6-8-10-12-14-16-18-20-22-24-26-28-30-32-34-36-37-38-39-40-41-42-43-45-46-48-50-52-54-56-58-60-62-64-66-68-70-72-79(84)89-76-78(77-90-82(81(86)87)88-75-74-83(3,4)5)91-80(85)73-71-69-67-65-63-61-59-57-55-53-51-49-47-44-35-33-31-29-27-25-23-21-19-17-15-13-11-9-7-2/h8-11,14-17,20-23,26-29,32-35,37-38,40-41,47,49,53,55,59,61,65,67,78,82H,6-7,12-13,18-19,24-25,30-31,36,39,42-46,48,50-52,54,56-58,60,62-64,66,68-77H2,1-5H3/p+1/b10-8-,11-9-,16-14-,17-15-,22-20-,23-21-,28-26-,29-27-,34-32-,35-33-,38-37-,41-40-,49-47-,55-53-,61-59-,67-65-. The Bertz CT molecular complexity index is 2200. The molecule has 0 aliphatic rings. The van der Waals surface area contributed by atoms with Gasteiger partial charge in [-0.05, 0) is 135 Å². The van der Waals surface area contributed by atoms with Gasteiger partial charge in [0.1, 0.15) is 13.2 Å². The van der Waals surface area contributed by atoms with Crippen LogP contribution in [-0.2, 0) is 33.3 Å². The molecule has 0 heterocycles. The van der Waals surface area contributed by atoms with Crippen LogP contribution in [0.5, 0.6) is 0 Å². The molecule has 0 aromatic heterocycles. The van der Waals surface area contributed by atoms with Crippen molar-refractivity contribution in [3.63, 3.8) is 0 Å². The van der Waals surface area contributed by atoms with Gasteiger partial charge in [-0.2, -0.15) is 0 Å². The van der Waals surface area contributed by atoms with Gasteiger partial charge in [-0.25, -0.2) is 4.79 Å². The smallest absolute Gasteiger partial charge is 0.361 e. The molecule has 0 amide bonds. The van der Waals surface area contributed by atoms with E-state index < -0.39 is 24.3 Å². The lowest BCUT2D eigenvalue weighted by Gasteiger charge is -2.25. The molecule has 0 saturated heterocycles. The van der Waals surface area contributed by atoms with Crippen molar-refractivity contribution in [2.75, 3.05) is 47.5 Å². The fourth-order valence-corrected chi connectivity index (χ4v) is 9.00. The van der Waals surface area contributed by atoms with Gasteiger partial charge in [-0.3, -0.25) is 9.59 Å². The Labute approximate surface area is 557 Å². The minimum absolute atomic E-state index is 0.167. The molecule has 9 nitrogen and oxygen atoms in total. The molecule has 2 unspecified atom stereocenters. The first-order valence-electron chi connectivity index (χ1n) is 35.6. The Hall–Kier alpha value is -5.87. The van der Waals surface area contributed by atoms with Crippen LogP contribution in [0.25, 0.3) is 0 Å². The van der Waals surface area contributed by atoms with Crippen molar-refractivity contribution in [2.24, 2.45) is 0 Å². The molecule has 1 N–H and O–H groups in total. The molecule has 0 radical (unpaired) electrons. The molecule has 91 heavy (non-hydrogen) atoms. The Morgan fingerprint density at radius 2 is 0.604 bits per heavy atom. The van der Waals surface area contributed by atoms with Crippen molar-refractivity contribution in [3.8, 4) is 0 Å². The van der Waals surface area contributed by atoms with Gasteiger partial charge in [0.05, 0.1) is 34.4 Å². The molecule has 0 rings (SSSR count). The number of hydrogen-bond acceptors (Lipinski definition) is 7. The molecular weight excluding hydrogens is 1130 g/mol. The zero-order valence-electron chi connectivity index (χ0n) is 58.2. The van der Waals surface area contributed by atoms with Crippen LogP contribution in [0.15, 0.2) is 194 Å². The third-order valence-corrected chi connectivity index (χ3v) is 14.3. The molecule has 9 heteroatoms. The van der Waals surface area contributed by atoms with Crippen molar-refractivity contribution in [2.45, 2.75) is 257 Å². The Morgan fingerprint density at radius 3 is 0.912 bits per heavy atom. The number of ether oxygens (including phenoxy) is 4. The largest absolute Gasteiger partial charge is 0.477 e. The minimum Gasteiger partial charge on any atom is -0.477 e. The van der Waals surface area contributed by atoms with Crippen molar-refractivity contribution >= 4 is 17.9 Å². The number of likely N-dealkylation sites (N-methyl/N-ethyl adjacent to an activating group) is 1. The molecule has 0 aliphatic carbocycles. The predicted molar refractivity (Wildman–Crippen MR) is 391 cm³/mol. The second-order valence-electron chi connectivity index (χ2n) is 24.1. The van der Waals surface area contributed by atoms with Crippen LogP contribution in [0.1, 0.15) is 245 Å². The average Bonchev–Trinajstić information content (AvgIpc) is 3.66. The number of unbranched alkanes of at least 4 members (excludes halogenated alkanes) is 16. The Balaban J connectivity index is 4.23. The van der Waals surface area contributed by atoms with Crippen LogP contribution in [0, 0.1) is 0 Å². The summed E-state index contributed by atoms with van der Waals surface area (Å²) in [5.41, 5.74) is 0. The van der Waals surface area contributed by atoms with E-state index in [-0.39, 0.29) is 38.6 Å². The molecule has 2 atom stereocenters. The lowest BCUT2D eigenvalue weighted by Crippen LogP contribution is -2.40. The van der Waals surface area contributed by atoms with E-state index in [4.69, 9.17) is 18.9 Å². The van der Waals surface area contributed by atoms with Gasteiger partial charge in [0.2, 0.25) is 0 Å². The van der Waals surface area contributed by atoms with E-state index in [1.54, 1.807) is 0 Å². The fourth-order valence-electron chi connectivity index (χ4n) is 9.00. The van der Waals surface area contributed by atoms with Crippen LogP contribution in [-0.4, -0.2) is 87.4 Å². The summed E-state index contributed by atoms with van der Waals surface area (Å²) in [4.78, 5) is 37.6. The molecule has 0 saturated carbocycles. The number of aliphatic carboxylic acids is 1. The van der Waals surface area contributed by atoms with Crippen LogP contribution in [0.4, 0.5) is 0 Å². The van der Waals surface area contributed by atoms with Crippen LogP contribution in [0.3, 0.4) is 0 Å². The summed E-state index contributed by atoms with van der Waals surface area (Å²) in [7, 11) is 5.94. The summed E-state index contributed by atoms with van der Waals surface area (Å²) >= 11 is 0. The third-order valence-electron chi connectivity index (χ3n) is 14.3. The highest BCUT2D eigenvalue weighted by molar-refractivity contribution is 5.71. The van der Waals surface area contributed by atoms with Crippen LogP contribution >= 0.6 is 0 Å². The number of allylic oxidation sites excluding steroid dienone is 32. The first-order chi connectivity index (χ1) is 44.6. The second-order valence-corrected chi connectivity index (χ2v) is 24.1. The Morgan fingerprint density at radius 1 is 0.330 bits per heavy atom. The predicted octanol–water partition coefficient (Wildman–Crippen LogP) is 22.6. The normalized spacial score (nSPS) is 13.9. The fraction of sp³-hybridized carbons (Fsp3) is 0.573. The SMILES string of the molecule is CC/C=C\C/C=C\C/C=C\C/C=C\C/C=C\C/C=C\C/C=C\C/C=C\C/C=C\CCCC(=O)OC(COC(=O)CCCCCCCCCCCCCCCCC/C=C\C/C=C\C/C=C\C/C=C\C/C=C\C/C=C\C/C=C\CC)COC(OCC[N+](C)(C)C)C(=O)O. The first-order valence-corrected chi connectivity index (χ1v) is 35.6. The highest BCUT2D eigenvalue weighted by Gasteiger charge is 2.25. The van der Waals surface area contributed by atoms with Gasteiger partial charge >= 0.3 is 17.9 Å². The van der Waals surface area contributed by atoms with Crippen LogP contribution < -0.4 is 0 Å². The summed E-state index contributed by atoms with van der Waals surface area (Å²) in [6.07, 6.45) is 106. The molecule has 0 aliphatic heterocycles. The van der Waals surface area contributed by atoms with E-state index in [1.165, 1.54) is 83.5 Å². The van der Waals surface area contributed by atoms with Gasteiger partial charge in [0.15, 0.2) is 6.10 Å². The number of esters is 2. The van der Waals surface area contributed by atoms with E-state index in [1.807, 2.05) is 21.1 Å². The van der Waals surface area contributed by atoms with E-state index in [0.29, 0.717) is 23.9 Å². The number of carbonyl (C=O) groups is 3. The average molecular weight is 1260 g/mol. The number of carbonyl (C=O) groups excluding carboxylic acids is 2. The summed E-state index contributed by atoms with van der Waals surface area (Å²) in [6, 6.07) is 0. The van der Waals surface area contributed by atoms with Crippen molar-refractivity contribution in [1.29, 1.82) is 0 Å². The highest BCUT2D eigenvalue weighted by Crippen LogP contribution is 2.16. The zero-order chi connectivity index (χ0) is 66.1. The van der Waals surface area contributed by atoms with Crippen molar-refractivity contribution in [1.82, 2.24) is 0 Å². The molecule has 0 aromatic carbocycles. The second kappa shape index (κ2) is 70.0. The number of quaternary nitrogens is 1. The highest BCUT2D eigenvalue weighted by atomic mass is 16.7. The molecule has 0 bridgehead atoms. The maximum atomic E-state index is 12.9. The maximum Gasteiger partial charge on any atom is 0.361 e. The lowest BCUT2D eigenvalue weighted by atomic mass is 10.0. The topological polar surface area (TPSA) is 108 Å². The first kappa shape index (κ1) is 85.1. The monoisotopic (exact) mass is 1260 g/mol.